The highest BCUT2D eigenvalue weighted by molar-refractivity contribution is 6.01. The van der Waals surface area contributed by atoms with Crippen LogP contribution in [-0.2, 0) is 9.59 Å². The lowest BCUT2D eigenvalue weighted by Crippen LogP contribution is -2.49. The van der Waals surface area contributed by atoms with Gasteiger partial charge in [-0.2, -0.15) is 5.10 Å². The molecule has 2 N–H and O–H groups in total. The molecule has 0 saturated carbocycles. The third-order valence-electron chi connectivity index (χ3n) is 10.8. The van der Waals surface area contributed by atoms with Crippen molar-refractivity contribution in [3.05, 3.63) is 89.9 Å². The molecule has 3 fully saturated rings. The van der Waals surface area contributed by atoms with Crippen LogP contribution in [0.2, 0.25) is 0 Å². The monoisotopic (exact) mass is 726 g/mol. The second kappa shape index (κ2) is 14.6. The first kappa shape index (κ1) is 34.8. The maximum Gasteiger partial charge on any atom is 0.234 e. The molecule has 0 aliphatic carbocycles. The smallest absolute Gasteiger partial charge is 0.234 e. The number of halogens is 3. The first-order chi connectivity index (χ1) is 25.7. The zero-order valence-corrected chi connectivity index (χ0v) is 29.4. The predicted molar refractivity (Wildman–Crippen MR) is 193 cm³/mol. The van der Waals surface area contributed by atoms with Crippen molar-refractivity contribution in [2.45, 2.75) is 44.6 Å². The van der Waals surface area contributed by atoms with Crippen LogP contribution < -0.4 is 15.5 Å². The van der Waals surface area contributed by atoms with E-state index >= 15 is 4.39 Å². The molecule has 3 saturated heterocycles. The number of benzene rings is 2. The van der Waals surface area contributed by atoms with Crippen LogP contribution in [-0.4, -0.2) is 98.1 Å². The fourth-order valence-corrected chi connectivity index (χ4v) is 7.71. The number of imide groups is 1. The van der Waals surface area contributed by atoms with Crippen LogP contribution in [0.25, 0.3) is 16.9 Å². The van der Waals surface area contributed by atoms with E-state index in [-0.39, 0.29) is 35.7 Å². The quantitative estimate of drug-likeness (QED) is 0.202. The van der Waals surface area contributed by atoms with Gasteiger partial charge in [0.2, 0.25) is 11.8 Å². The number of piperazine rings is 1. The summed E-state index contributed by atoms with van der Waals surface area (Å²) in [6, 6.07) is 7.66. The summed E-state index contributed by atoms with van der Waals surface area (Å²) in [4.78, 5) is 39.7. The van der Waals surface area contributed by atoms with Crippen molar-refractivity contribution in [3.63, 3.8) is 0 Å². The van der Waals surface area contributed by atoms with E-state index in [2.05, 4.69) is 40.4 Å². The number of fused-ring (bicyclic) bond motifs is 1. The maximum atomic E-state index is 15.2. The Kier molecular flexibility index (Phi) is 9.60. The molecule has 0 radical (unpaired) electrons. The highest BCUT2D eigenvalue weighted by atomic mass is 19.1. The number of nitrogens with one attached hydrogen (secondary N) is 2. The number of anilines is 3. The van der Waals surface area contributed by atoms with E-state index in [9.17, 15) is 18.4 Å². The lowest BCUT2D eigenvalue weighted by Gasteiger charge is -2.38. The Labute approximate surface area is 304 Å². The van der Waals surface area contributed by atoms with E-state index in [1.165, 1.54) is 12.1 Å². The molecule has 2 aromatic carbocycles. The summed E-state index contributed by atoms with van der Waals surface area (Å²) in [5.41, 5.74) is 3.51. The van der Waals surface area contributed by atoms with Crippen LogP contribution in [0.3, 0.4) is 0 Å². The first-order valence-corrected chi connectivity index (χ1v) is 18.1. The molecule has 0 bridgehead atoms. The largest absolute Gasteiger partial charge is 0.367 e. The number of hydrogen-bond acceptors (Lipinski definition) is 9. The molecule has 1 atom stereocenters. The summed E-state index contributed by atoms with van der Waals surface area (Å²) in [6.07, 6.45) is 11.3. The van der Waals surface area contributed by atoms with Gasteiger partial charge in [-0.3, -0.25) is 28.9 Å². The molecule has 15 heteroatoms. The number of nitrogens with zero attached hydrogens (tertiary/aromatic N) is 8. The molecule has 3 aliphatic rings. The molecular weight excluding hydrogens is 685 g/mol. The topological polar surface area (TPSA) is 116 Å². The second-order valence-electron chi connectivity index (χ2n) is 14.1. The van der Waals surface area contributed by atoms with Crippen molar-refractivity contribution in [3.8, 4) is 11.3 Å². The van der Waals surface area contributed by atoms with Gasteiger partial charge in [-0.25, -0.2) is 23.1 Å². The fourth-order valence-electron chi connectivity index (χ4n) is 7.71. The molecule has 12 nitrogen and oxygen atoms in total. The van der Waals surface area contributed by atoms with Crippen molar-refractivity contribution in [1.29, 1.82) is 0 Å². The fraction of sp³-hybridized carbons (Fsp3) is 0.395. The van der Waals surface area contributed by atoms with Crippen LogP contribution >= 0.6 is 0 Å². The molecule has 2 amide bonds. The Morgan fingerprint density at radius 3 is 2.40 bits per heavy atom. The van der Waals surface area contributed by atoms with E-state index < -0.39 is 17.6 Å². The van der Waals surface area contributed by atoms with Gasteiger partial charge in [-0.05, 0) is 55.5 Å². The number of carbonyl (C=O) groups is 2. The number of piperidine rings is 2. The van der Waals surface area contributed by atoms with Crippen LogP contribution in [0.1, 0.15) is 48.8 Å². The Bertz CT molecular complexity index is 2150. The molecular formula is C38H41F3N10O2. The van der Waals surface area contributed by atoms with E-state index in [4.69, 9.17) is 0 Å². The molecule has 6 heterocycles. The first-order valence-electron chi connectivity index (χ1n) is 18.1. The zero-order chi connectivity index (χ0) is 36.6. The number of aryl methyl sites for hydroxylation is 1. The van der Waals surface area contributed by atoms with Gasteiger partial charge in [0.15, 0.2) is 11.5 Å². The number of rotatable bonds is 9. The summed E-state index contributed by atoms with van der Waals surface area (Å²) in [7, 11) is 0. The number of likely N-dealkylation sites (tertiary alicyclic amines) is 1. The number of imidazole rings is 1. The number of hydrogen-bond donors (Lipinski definition) is 2. The average Bonchev–Trinajstić information content (AvgIpc) is 3.84. The Morgan fingerprint density at radius 2 is 1.64 bits per heavy atom. The molecule has 8 rings (SSSR count). The van der Waals surface area contributed by atoms with Gasteiger partial charge >= 0.3 is 0 Å². The van der Waals surface area contributed by atoms with Gasteiger partial charge in [-0.1, -0.05) is 6.07 Å². The molecule has 3 aliphatic heterocycles. The van der Waals surface area contributed by atoms with Crippen LogP contribution in [0.5, 0.6) is 0 Å². The van der Waals surface area contributed by atoms with Crippen LogP contribution in [0.4, 0.5) is 30.4 Å². The van der Waals surface area contributed by atoms with Gasteiger partial charge in [0.05, 0.1) is 41.4 Å². The van der Waals surface area contributed by atoms with Crippen molar-refractivity contribution < 1.29 is 22.8 Å². The Balaban J connectivity index is 0.805. The lowest BCUT2D eigenvalue weighted by molar-refractivity contribution is -0.134. The maximum absolute atomic E-state index is 15.2. The SMILES string of the molecule is Cc1cc(-c2cnc(Nc3cnn(C4CCN(CCN5CCN(c6ccc(C7CCC(=O)NC7=O)cc6F)CC5)CC4)c3)c3nccn23)c(F)cc1F. The minimum Gasteiger partial charge on any atom is -0.367 e. The van der Waals surface area contributed by atoms with Crippen molar-refractivity contribution >= 4 is 34.7 Å². The highest BCUT2D eigenvalue weighted by Crippen LogP contribution is 2.31. The molecule has 1 unspecified atom stereocenters. The van der Waals surface area contributed by atoms with Crippen LogP contribution in [0.15, 0.2) is 61.3 Å². The van der Waals surface area contributed by atoms with E-state index in [0.717, 1.165) is 77.0 Å². The minimum absolute atomic E-state index is 0.247. The van der Waals surface area contributed by atoms with Crippen LogP contribution in [0, 0.1) is 24.4 Å². The molecule has 0 spiro atoms. The van der Waals surface area contributed by atoms with Crippen molar-refractivity contribution in [2.24, 2.45) is 0 Å². The third kappa shape index (κ3) is 7.22. The number of amides is 2. The summed E-state index contributed by atoms with van der Waals surface area (Å²) in [5, 5.41) is 10.3. The van der Waals surface area contributed by atoms with Gasteiger partial charge < -0.3 is 15.1 Å². The van der Waals surface area contributed by atoms with Gasteiger partial charge in [0, 0.05) is 89.0 Å². The van der Waals surface area contributed by atoms with E-state index in [0.29, 0.717) is 40.4 Å². The van der Waals surface area contributed by atoms with E-state index in [1.807, 2.05) is 16.9 Å². The lowest BCUT2D eigenvalue weighted by atomic mass is 9.90. The minimum atomic E-state index is -0.664. The van der Waals surface area contributed by atoms with Crippen molar-refractivity contribution in [1.82, 2.24) is 39.3 Å². The standard InChI is InChI=1S/C38H41F3N10O2/c1-24-18-29(31(40)20-30(24)39)34-22-43-36(37-42-8-11-50(34)37)45-26-21-44-51(23-26)27-6-9-47(10-7-27)12-13-48-14-16-49(17-15-48)33-4-2-25(19-32(33)41)28-3-5-35(52)46-38(28)53/h2,4,8,11,18-23,27-28H,3,5-7,9-10,12-17H2,1H3,(H,43,45)(H,46,52,53). The molecule has 3 aromatic heterocycles. The molecule has 53 heavy (non-hydrogen) atoms. The molecule has 276 valence electrons. The Hall–Kier alpha value is -5.28. The van der Waals surface area contributed by atoms with E-state index in [1.54, 1.807) is 42.2 Å². The number of carbonyl (C=O) groups excluding carboxylic acids is 2. The van der Waals surface area contributed by atoms with Gasteiger partial charge in [0.1, 0.15) is 17.5 Å². The second-order valence-corrected chi connectivity index (χ2v) is 14.1. The molecule has 5 aromatic rings. The average molecular weight is 727 g/mol. The number of aromatic nitrogens is 5. The van der Waals surface area contributed by atoms with Gasteiger partial charge in [0.25, 0.3) is 0 Å². The van der Waals surface area contributed by atoms with Crippen molar-refractivity contribution in [2.75, 3.05) is 62.6 Å². The summed E-state index contributed by atoms with van der Waals surface area (Å²) < 4.78 is 47.5. The third-order valence-corrected chi connectivity index (χ3v) is 10.8. The summed E-state index contributed by atoms with van der Waals surface area (Å²) >= 11 is 0. The predicted octanol–water partition coefficient (Wildman–Crippen LogP) is 5.04. The zero-order valence-electron chi connectivity index (χ0n) is 29.4. The highest BCUT2D eigenvalue weighted by Gasteiger charge is 2.29. The Morgan fingerprint density at radius 1 is 0.868 bits per heavy atom. The summed E-state index contributed by atoms with van der Waals surface area (Å²) in [6.45, 7) is 8.60. The van der Waals surface area contributed by atoms with Gasteiger partial charge in [-0.15, -0.1) is 0 Å². The normalized spacial score (nSPS) is 19.2. The summed E-state index contributed by atoms with van der Waals surface area (Å²) in [5.74, 6) is -2.22.